The lowest BCUT2D eigenvalue weighted by Crippen LogP contribution is -1.20. The molecule has 5 heteroatoms. The van der Waals surface area contributed by atoms with Gasteiger partial charge in [-0.3, -0.25) is 4.89 Å². The molecule has 0 radical (unpaired) electrons. The lowest BCUT2D eigenvalue weighted by molar-refractivity contribution is 0.434. The van der Waals surface area contributed by atoms with Gasteiger partial charge in [-0.2, -0.15) is 0 Å². The topological polar surface area (TPSA) is 66.9 Å². The monoisotopic (exact) mass is 124 g/mol. The molecule has 0 aromatic rings. The molecular weight excluding hydrogens is 119 g/mol. The molecule has 0 saturated carbocycles. The van der Waals surface area contributed by atoms with Crippen LogP contribution in [0.4, 0.5) is 0 Å². The molecule has 0 atom stereocenters. The summed E-state index contributed by atoms with van der Waals surface area (Å²) in [7, 11) is -3.12. The molecule has 0 aromatic carbocycles. The van der Waals surface area contributed by atoms with Gasteiger partial charge in [0.15, 0.2) is 0 Å². The van der Waals surface area contributed by atoms with Crippen LogP contribution in [0.5, 0.6) is 0 Å². The fraction of sp³-hybridized carbons (Fsp3) is 1.00. The number of hydrogen-bond acceptors (Lipinski definition) is 3. The van der Waals surface area contributed by atoms with Crippen LogP contribution in [-0.4, -0.2) is 18.1 Å². The van der Waals surface area contributed by atoms with Gasteiger partial charge in [0.2, 0.25) is 0 Å². The van der Waals surface area contributed by atoms with Crippen molar-refractivity contribution >= 4 is 7.91 Å². The van der Waals surface area contributed by atoms with E-state index in [4.69, 9.17) is 14.0 Å². The standard InChI is InChI=1S/C2H4O.HO3P/c1-2-3-1;1-4(2)3/h1-2H2;(H,1,2,3). The van der Waals surface area contributed by atoms with Crippen LogP contribution in [0.2, 0.25) is 0 Å². The van der Waals surface area contributed by atoms with E-state index in [2.05, 4.69) is 4.74 Å². The Kier molecular flexibility index (Phi) is 3.89. The summed E-state index contributed by atoms with van der Waals surface area (Å²) >= 11 is 0. The van der Waals surface area contributed by atoms with E-state index in [-0.39, 0.29) is 0 Å². The largest absolute Gasteiger partial charge is 0.465 e. The van der Waals surface area contributed by atoms with Crippen molar-refractivity contribution in [3.8, 4) is 0 Å². The van der Waals surface area contributed by atoms with E-state index in [1.54, 1.807) is 0 Å². The SMILES string of the molecule is C1CO1.O=P(=O)O. The Labute approximate surface area is 41.0 Å². The first-order valence-electron chi connectivity index (χ1n) is 1.64. The van der Waals surface area contributed by atoms with Crippen molar-refractivity contribution < 1.29 is 18.8 Å². The molecular formula is C2H5O4P. The molecule has 7 heavy (non-hydrogen) atoms. The molecule has 4 nitrogen and oxygen atoms in total. The van der Waals surface area contributed by atoms with Crippen LogP contribution in [-0.2, 0) is 13.9 Å². The number of hydrogen-bond donors (Lipinski definition) is 1. The van der Waals surface area contributed by atoms with Gasteiger partial charge >= 0.3 is 7.91 Å². The summed E-state index contributed by atoms with van der Waals surface area (Å²) in [4.78, 5) is 7.01. The van der Waals surface area contributed by atoms with Crippen LogP contribution in [0.1, 0.15) is 0 Å². The highest BCUT2D eigenvalue weighted by Gasteiger charge is 1.94. The van der Waals surface area contributed by atoms with E-state index in [0.717, 1.165) is 13.2 Å². The Hall–Kier alpha value is -0.180. The maximum Gasteiger partial charge on any atom is 0.465 e. The number of epoxide rings is 1. The minimum Gasteiger partial charge on any atom is -0.377 e. The highest BCUT2D eigenvalue weighted by atomic mass is 31.1. The van der Waals surface area contributed by atoms with Crippen molar-refractivity contribution in [2.45, 2.75) is 0 Å². The van der Waals surface area contributed by atoms with Crippen LogP contribution in [0.15, 0.2) is 0 Å². The molecule has 0 aromatic heterocycles. The second-order valence-electron chi connectivity index (χ2n) is 0.850. The van der Waals surface area contributed by atoms with Gasteiger partial charge in [0.1, 0.15) is 0 Å². The summed E-state index contributed by atoms with van der Waals surface area (Å²) in [6.45, 7) is 2.00. The average Bonchev–Trinajstić information content (AvgIpc) is 2.02. The van der Waals surface area contributed by atoms with E-state index in [0.29, 0.717) is 0 Å². The predicted molar refractivity (Wildman–Crippen MR) is 21.3 cm³/mol. The molecule has 42 valence electrons. The van der Waals surface area contributed by atoms with Gasteiger partial charge in [0.25, 0.3) is 0 Å². The van der Waals surface area contributed by atoms with E-state index in [1.807, 2.05) is 0 Å². The Morgan fingerprint density at radius 1 is 1.43 bits per heavy atom. The quantitative estimate of drug-likeness (QED) is 0.367. The van der Waals surface area contributed by atoms with Crippen molar-refractivity contribution in [2.24, 2.45) is 0 Å². The molecule has 1 aliphatic rings. The molecule has 1 rings (SSSR count). The molecule has 0 unspecified atom stereocenters. The fourth-order valence-corrected chi connectivity index (χ4v) is 0. The zero-order chi connectivity index (χ0) is 5.70. The molecule has 1 aliphatic heterocycles. The average molecular weight is 124 g/mol. The summed E-state index contributed by atoms with van der Waals surface area (Å²) < 4.78 is 21.7. The third-order valence-corrected chi connectivity index (χ3v) is 0.204. The van der Waals surface area contributed by atoms with Crippen molar-refractivity contribution in [3.05, 3.63) is 0 Å². The number of rotatable bonds is 0. The summed E-state index contributed by atoms with van der Waals surface area (Å²) in [5, 5.41) is 0. The first-order chi connectivity index (χ1) is 3.23. The van der Waals surface area contributed by atoms with E-state index >= 15 is 0 Å². The van der Waals surface area contributed by atoms with Crippen LogP contribution in [0.25, 0.3) is 0 Å². The third-order valence-electron chi connectivity index (χ3n) is 0.204. The normalized spacial score (nSPS) is 13.9. The van der Waals surface area contributed by atoms with Crippen molar-refractivity contribution in [2.75, 3.05) is 13.2 Å². The van der Waals surface area contributed by atoms with Crippen LogP contribution < -0.4 is 0 Å². The predicted octanol–water partition coefficient (Wildman–Crippen LogP) is 0.0832. The van der Waals surface area contributed by atoms with E-state index in [1.165, 1.54) is 0 Å². The highest BCUT2D eigenvalue weighted by molar-refractivity contribution is 7.23. The Balaban J connectivity index is 0.000000105. The molecule has 1 N–H and O–H groups in total. The smallest absolute Gasteiger partial charge is 0.377 e. The minimum atomic E-state index is -3.12. The third kappa shape index (κ3) is 126. The van der Waals surface area contributed by atoms with Gasteiger partial charge in [-0.05, 0) is 0 Å². The van der Waals surface area contributed by atoms with Crippen LogP contribution in [0, 0.1) is 0 Å². The second-order valence-corrected chi connectivity index (χ2v) is 1.33. The van der Waals surface area contributed by atoms with Crippen molar-refractivity contribution in [1.82, 2.24) is 0 Å². The maximum atomic E-state index is 8.59. The van der Waals surface area contributed by atoms with Gasteiger partial charge in [-0.1, -0.05) is 0 Å². The lowest BCUT2D eigenvalue weighted by atomic mass is 11.0. The van der Waals surface area contributed by atoms with Gasteiger partial charge in [0.05, 0.1) is 13.2 Å². The molecule has 0 spiro atoms. The Bertz CT molecular complexity index is 83.1. The highest BCUT2D eigenvalue weighted by Crippen LogP contribution is 1.85. The Morgan fingerprint density at radius 2 is 1.57 bits per heavy atom. The van der Waals surface area contributed by atoms with Gasteiger partial charge in [0, 0.05) is 0 Å². The number of ether oxygens (including phenoxy) is 1. The summed E-state index contributed by atoms with van der Waals surface area (Å²) in [5.41, 5.74) is 0. The molecule has 1 heterocycles. The first kappa shape index (κ1) is 6.82. The van der Waals surface area contributed by atoms with E-state index in [9.17, 15) is 0 Å². The zero-order valence-corrected chi connectivity index (χ0v) is 4.43. The molecule has 0 amide bonds. The molecule has 0 bridgehead atoms. The fourth-order valence-electron chi connectivity index (χ4n) is 0. The van der Waals surface area contributed by atoms with Crippen molar-refractivity contribution in [3.63, 3.8) is 0 Å². The Morgan fingerprint density at radius 3 is 1.57 bits per heavy atom. The maximum absolute atomic E-state index is 8.59. The van der Waals surface area contributed by atoms with Crippen molar-refractivity contribution in [1.29, 1.82) is 0 Å². The van der Waals surface area contributed by atoms with Crippen LogP contribution in [0.3, 0.4) is 0 Å². The molecule has 1 fully saturated rings. The summed E-state index contributed by atoms with van der Waals surface area (Å²) in [6, 6.07) is 0. The van der Waals surface area contributed by atoms with Crippen LogP contribution >= 0.6 is 7.91 Å². The molecule has 0 aliphatic carbocycles. The minimum absolute atomic E-state index is 1.00. The molecule has 1 saturated heterocycles. The second kappa shape index (κ2) is 3.99. The zero-order valence-electron chi connectivity index (χ0n) is 3.53. The first-order valence-corrected chi connectivity index (χ1v) is 2.77. The van der Waals surface area contributed by atoms with Gasteiger partial charge < -0.3 is 4.74 Å². The van der Waals surface area contributed by atoms with Gasteiger partial charge in [-0.15, -0.1) is 0 Å². The lowest BCUT2D eigenvalue weighted by Gasteiger charge is -1.35. The van der Waals surface area contributed by atoms with E-state index < -0.39 is 7.91 Å². The summed E-state index contributed by atoms with van der Waals surface area (Å²) in [6.07, 6.45) is 0. The van der Waals surface area contributed by atoms with Gasteiger partial charge in [-0.25, -0.2) is 9.13 Å². The summed E-state index contributed by atoms with van der Waals surface area (Å²) in [5.74, 6) is 0.